The van der Waals surface area contributed by atoms with Crippen molar-refractivity contribution >= 4 is 6.21 Å². The summed E-state index contributed by atoms with van der Waals surface area (Å²) in [6, 6.07) is 0. The van der Waals surface area contributed by atoms with E-state index < -0.39 is 0 Å². The van der Waals surface area contributed by atoms with Crippen LogP contribution in [-0.4, -0.2) is 17.5 Å². The van der Waals surface area contributed by atoms with Crippen molar-refractivity contribution in [3.8, 4) is 0 Å². The second-order valence-corrected chi connectivity index (χ2v) is 3.17. The molecule has 10 heavy (non-hydrogen) atoms. The molecule has 0 unspecified atom stereocenters. The summed E-state index contributed by atoms with van der Waals surface area (Å²) >= 11 is 0. The summed E-state index contributed by atoms with van der Waals surface area (Å²) in [6.07, 6.45) is 4.99. The molecule has 0 radical (unpaired) electrons. The van der Waals surface area contributed by atoms with Crippen LogP contribution in [0.3, 0.4) is 0 Å². The Labute approximate surface area is 62.1 Å². The van der Waals surface area contributed by atoms with Crippen molar-refractivity contribution in [1.29, 1.82) is 0 Å². The fourth-order valence-electron chi connectivity index (χ4n) is 1.52. The molecule has 0 aromatic heterocycles. The van der Waals surface area contributed by atoms with Crippen LogP contribution < -0.4 is 0 Å². The van der Waals surface area contributed by atoms with E-state index in [1.807, 2.05) is 0 Å². The fraction of sp³-hybridized carbons (Fsp3) is 0.875. The highest BCUT2D eigenvalue weighted by Gasteiger charge is 2.34. The first kappa shape index (κ1) is 7.58. The third-order valence-corrected chi connectivity index (χ3v) is 2.72. The van der Waals surface area contributed by atoms with Gasteiger partial charge >= 0.3 is 0 Å². The molecule has 0 atom stereocenters. The van der Waals surface area contributed by atoms with Crippen molar-refractivity contribution in [1.82, 2.24) is 0 Å². The van der Waals surface area contributed by atoms with Crippen LogP contribution in [0.5, 0.6) is 0 Å². The van der Waals surface area contributed by atoms with E-state index in [1.165, 1.54) is 0 Å². The van der Waals surface area contributed by atoms with E-state index in [-0.39, 0.29) is 0 Å². The van der Waals surface area contributed by atoms with E-state index in [4.69, 9.17) is 0 Å². The second kappa shape index (κ2) is 2.60. The first-order valence-corrected chi connectivity index (χ1v) is 3.99. The molecule has 1 aliphatic rings. The van der Waals surface area contributed by atoms with Crippen molar-refractivity contribution in [3.63, 3.8) is 0 Å². The number of hydroxylamine groups is 1. The topological polar surface area (TPSA) is 26.1 Å². The minimum absolute atomic E-state index is 0.307. The van der Waals surface area contributed by atoms with Gasteiger partial charge in [0.15, 0.2) is 12.8 Å². The molecule has 0 bridgehead atoms. The van der Waals surface area contributed by atoms with E-state index in [0.717, 1.165) is 24.0 Å². The standard InChI is InChI=1S/C8H15NO/c1-3-8(4-2)5-6-9(10)7-8/h6H,3-5,7H2,1-2H3. The van der Waals surface area contributed by atoms with Gasteiger partial charge in [0.25, 0.3) is 0 Å². The Hall–Kier alpha value is -0.530. The second-order valence-electron chi connectivity index (χ2n) is 3.17. The predicted octanol–water partition coefficient (Wildman–Crippen LogP) is 1.78. The Morgan fingerprint density at radius 2 is 2.10 bits per heavy atom. The lowest BCUT2D eigenvalue weighted by Crippen LogP contribution is -2.22. The number of rotatable bonds is 2. The zero-order valence-corrected chi connectivity index (χ0v) is 6.76. The van der Waals surface area contributed by atoms with Gasteiger partial charge in [-0.1, -0.05) is 13.8 Å². The van der Waals surface area contributed by atoms with Crippen LogP contribution >= 0.6 is 0 Å². The van der Waals surface area contributed by atoms with E-state index in [1.54, 1.807) is 6.21 Å². The normalized spacial score (nSPS) is 22.8. The molecule has 0 saturated heterocycles. The Kier molecular flexibility index (Phi) is 1.97. The van der Waals surface area contributed by atoms with E-state index in [2.05, 4.69) is 13.8 Å². The molecule has 0 N–H and O–H groups in total. The maximum Gasteiger partial charge on any atom is 0.159 e. The van der Waals surface area contributed by atoms with Gasteiger partial charge in [-0.2, -0.15) is 0 Å². The Bertz CT molecular complexity index is 147. The van der Waals surface area contributed by atoms with Crippen molar-refractivity contribution < 1.29 is 4.74 Å². The minimum Gasteiger partial charge on any atom is -0.624 e. The third kappa shape index (κ3) is 1.15. The lowest BCUT2D eigenvalue weighted by atomic mass is 9.81. The molecular weight excluding hydrogens is 126 g/mol. The van der Waals surface area contributed by atoms with Crippen LogP contribution in [0.1, 0.15) is 33.1 Å². The van der Waals surface area contributed by atoms with Crippen molar-refractivity contribution in [2.24, 2.45) is 5.41 Å². The Morgan fingerprint density at radius 3 is 2.30 bits per heavy atom. The van der Waals surface area contributed by atoms with Crippen molar-refractivity contribution in [2.75, 3.05) is 6.54 Å². The summed E-state index contributed by atoms with van der Waals surface area (Å²) < 4.78 is 1.08. The van der Waals surface area contributed by atoms with Gasteiger partial charge in [0.2, 0.25) is 0 Å². The Balaban J connectivity index is 2.57. The van der Waals surface area contributed by atoms with Gasteiger partial charge in [-0.05, 0) is 12.8 Å². The van der Waals surface area contributed by atoms with Gasteiger partial charge < -0.3 is 5.21 Å². The predicted molar refractivity (Wildman–Crippen MR) is 42.2 cm³/mol. The first-order chi connectivity index (χ1) is 4.72. The summed E-state index contributed by atoms with van der Waals surface area (Å²) in [4.78, 5) is 0. The monoisotopic (exact) mass is 141 g/mol. The first-order valence-electron chi connectivity index (χ1n) is 3.99. The molecule has 1 rings (SSSR count). The van der Waals surface area contributed by atoms with E-state index in [0.29, 0.717) is 12.0 Å². The minimum atomic E-state index is 0.307. The summed E-state index contributed by atoms with van der Waals surface area (Å²) in [5, 5.41) is 10.8. The Morgan fingerprint density at radius 1 is 1.50 bits per heavy atom. The molecule has 0 amide bonds. The van der Waals surface area contributed by atoms with Gasteiger partial charge in [0, 0.05) is 11.8 Å². The number of nitrogens with zero attached hydrogens (tertiary/aromatic N) is 1. The molecule has 0 aromatic rings. The smallest absolute Gasteiger partial charge is 0.159 e. The maximum absolute atomic E-state index is 10.8. The van der Waals surface area contributed by atoms with Gasteiger partial charge in [0.05, 0.1) is 0 Å². The van der Waals surface area contributed by atoms with Gasteiger partial charge in [-0.25, -0.2) is 4.74 Å². The quantitative estimate of drug-likeness (QED) is 0.425. The molecule has 0 fully saturated rings. The number of hydrogen-bond acceptors (Lipinski definition) is 1. The third-order valence-electron chi connectivity index (χ3n) is 2.72. The molecule has 1 aliphatic heterocycles. The molecule has 0 saturated carbocycles. The van der Waals surface area contributed by atoms with Gasteiger partial charge in [0.1, 0.15) is 0 Å². The van der Waals surface area contributed by atoms with Crippen LogP contribution in [0.2, 0.25) is 0 Å². The van der Waals surface area contributed by atoms with Crippen molar-refractivity contribution in [3.05, 3.63) is 5.21 Å². The highest BCUT2D eigenvalue weighted by molar-refractivity contribution is 5.54. The maximum atomic E-state index is 10.8. The van der Waals surface area contributed by atoms with Gasteiger partial charge in [-0.15, -0.1) is 0 Å². The summed E-state index contributed by atoms with van der Waals surface area (Å²) in [5.74, 6) is 0. The largest absolute Gasteiger partial charge is 0.624 e. The van der Waals surface area contributed by atoms with Crippen LogP contribution in [0.15, 0.2) is 0 Å². The summed E-state index contributed by atoms with van der Waals surface area (Å²) in [7, 11) is 0. The summed E-state index contributed by atoms with van der Waals surface area (Å²) in [5.41, 5.74) is 0.307. The molecule has 58 valence electrons. The molecule has 2 nitrogen and oxygen atoms in total. The number of hydrogen-bond donors (Lipinski definition) is 0. The van der Waals surface area contributed by atoms with Crippen molar-refractivity contribution in [2.45, 2.75) is 33.1 Å². The van der Waals surface area contributed by atoms with Crippen LogP contribution in [0, 0.1) is 10.6 Å². The van der Waals surface area contributed by atoms with Crippen LogP contribution in [0.25, 0.3) is 0 Å². The molecular formula is C8H15NO. The lowest BCUT2D eigenvalue weighted by molar-refractivity contribution is -0.458. The lowest BCUT2D eigenvalue weighted by Gasteiger charge is -2.21. The molecule has 1 heterocycles. The van der Waals surface area contributed by atoms with Gasteiger partial charge in [-0.3, -0.25) is 0 Å². The average Bonchev–Trinajstić information content (AvgIpc) is 2.33. The average molecular weight is 141 g/mol. The highest BCUT2D eigenvalue weighted by atomic mass is 16.5. The molecule has 0 spiro atoms. The fourth-order valence-corrected chi connectivity index (χ4v) is 1.52. The zero-order chi connectivity index (χ0) is 7.61. The summed E-state index contributed by atoms with van der Waals surface area (Å²) in [6.45, 7) is 5.03. The SMILES string of the molecule is CCC1(CC)CC=[N+]([O-])C1. The molecule has 0 aromatic carbocycles. The highest BCUT2D eigenvalue weighted by Crippen LogP contribution is 2.32. The van der Waals surface area contributed by atoms with E-state index in [9.17, 15) is 5.21 Å². The van der Waals surface area contributed by atoms with E-state index >= 15 is 0 Å². The molecule has 2 heteroatoms. The van der Waals surface area contributed by atoms with Crippen LogP contribution in [-0.2, 0) is 0 Å². The van der Waals surface area contributed by atoms with Crippen LogP contribution in [0.4, 0.5) is 0 Å². The molecule has 0 aliphatic carbocycles. The zero-order valence-electron chi connectivity index (χ0n) is 6.76.